The van der Waals surface area contributed by atoms with Gasteiger partial charge < -0.3 is 9.88 Å². The fourth-order valence-corrected chi connectivity index (χ4v) is 2.26. The van der Waals surface area contributed by atoms with Crippen molar-refractivity contribution in [3.05, 3.63) is 41.8 Å². The third-order valence-corrected chi connectivity index (χ3v) is 3.30. The van der Waals surface area contributed by atoms with E-state index in [9.17, 15) is 0 Å². The highest BCUT2D eigenvalue weighted by atomic mass is 35.5. The summed E-state index contributed by atoms with van der Waals surface area (Å²) in [6, 6.07) is 5.98. The largest absolute Gasteiger partial charge is 0.361 e. The van der Waals surface area contributed by atoms with E-state index >= 15 is 0 Å². The lowest BCUT2D eigenvalue weighted by Gasteiger charge is -2.10. The number of anilines is 1. The lowest BCUT2D eigenvalue weighted by Crippen LogP contribution is -2.12. The summed E-state index contributed by atoms with van der Waals surface area (Å²) in [4.78, 5) is 13.6. The third-order valence-electron chi connectivity index (χ3n) is 2.99. The number of hydrogen-bond acceptors (Lipinski definition) is 3. The summed E-state index contributed by atoms with van der Waals surface area (Å²) in [5, 5.41) is 1.81. The molecule has 0 atom stereocenters. The summed E-state index contributed by atoms with van der Waals surface area (Å²) in [5.74, 6) is 0.683. The Morgan fingerprint density at radius 3 is 2.58 bits per heavy atom. The van der Waals surface area contributed by atoms with Gasteiger partial charge in [-0.3, -0.25) is 0 Å². The quantitative estimate of drug-likeness (QED) is 0.778. The number of nitrogens with one attached hydrogen (secondary N) is 1. The van der Waals surface area contributed by atoms with E-state index in [2.05, 4.69) is 15.0 Å². The van der Waals surface area contributed by atoms with Gasteiger partial charge in [-0.15, -0.1) is 0 Å². The molecule has 0 unspecified atom stereocenters. The molecule has 0 aliphatic heterocycles. The molecule has 5 heteroatoms. The van der Waals surface area contributed by atoms with Gasteiger partial charge in [-0.05, 0) is 18.2 Å². The highest BCUT2D eigenvalue weighted by molar-refractivity contribution is 6.34. The number of nitrogens with zero attached hydrogens (tertiary/aromatic N) is 3. The van der Waals surface area contributed by atoms with E-state index in [0.29, 0.717) is 11.0 Å². The normalized spacial score (nSPS) is 10.9. The van der Waals surface area contributed by atoms with Crippen molar-refractivity contribution >= 4 is 28.5 Å². The van der Waals surface area contributed by atoms with Crippen LogP contribution in [-0.4, -0.2) is 29.0 Å². The highest BCUT2D eigenvalue weighted by Gasteiger charge is 2.08. The summed E-state index contributed by atoms with van der Waals surface area (Å²) in [7, 11) is 3.82. The van der Waals surface area contributed by atoms with Crippen LogP contribution in [0, 0.1) is 0 Å². The molecule has 0 spiro atoms. The van der Waals surface area contributed by atoms with Crippen molar-refractivity contribution < 1.29 is 0 Å². The van der Waals surface area contributed by atoms with Gasteiger partial charge in [0.05, 0.1) is 5.02 Å². The molecule has 4 nitrogen and oxygen atoms in total. The summed E-state index contributed by atoms with van der Waals surface area (Å²) in [6.07, 6.45) is 5.49. The van der Waals surface area contributed by atoms with Crippen LogP contribution in [-0.2, 0) is 0 Å². The van der Waals surface area contributed by atoms with Gasteiger partial charge in [0.15, 0.2) is 0 Å². The monoisotopic (exact) mass is 272 g/mol. The second-order valence-electron chi connectivity index (χ2n) is 4.56. The standard InChI is InChI=1S/C14H13ClN4/c1-19(2)14-17-7-10(8-18-14)11-5-9-3-4-16-13(9)6-12(11)15/h3-8,16H,1-2H3. The van der Waals surface area contributed by atoms with Crippen LogP contribution < -0.4 is 4.90 Å². The average Bonchev–Trinajstić information content (AvgIpc) is 2.85. The second-order valence-corrected chi connectivity index (χ2v) is 4.97. The predicted molar refractivity (Wildman–Crippen MR) is 78.7 cm³/mol. The number of halogens is 1. The van der Waals surface area contributed by atoms with Crippen molar-refractivity contribution in [2.45, 2.75) is 0 Å². The number of aromatic nitrogens is 3. The van der Waals surface area contributed by atoms with Crippen molar-refractivity contribution in [2.75, 3.05) is 19.0 Å². The van der Waals surface area contributed by atoms with Crippen molar-refractivity contribution in [2.24, 2.45) is 0 Å². The SMILES string of the molecule is CN(C)c1ncc(-c2cc3cc[nH]c3cc2Cl)cn1. The van der Waals surface area contributed by atoms with E-state index in [1.807, 2.05) is 43.4 Å². The summed E-state index contributed by atoms with van der Waals surface area (Å²) in [6.45, 7) is 0. The van der Waals surface area contributed by atoms with Crippen molar-refractivity contribution in [1.29, 1.82) is 0 Å². The minimum absolute atomic E-state index is 0.683. The first-order valence-corrected chi connectivity index (χ1v) is 6.29. The molecule has 2 heterocycles. The molecule has 0 saturated heterocycles. The zero-order chi connectivity index (χ0) is 13.4. The lowest BCUT2D eigenvalue weighted by molar-refractivity contribution is 1.000. The zero-order valence-electron chi connectivity index (χ0n) is 10.7. The van der Waals surface area contributed by atoms with Gasteiger partial charge in [0.25, 0.3) is 0 Å². The molecule has 0 bridgehead atoms. The molecule has 1 aromatic carbocycles. The summed E-state index contributed by atoms with van der Waals surface area (Å²) < 4.78 is 0. The fraction of sp³-hybridized carbons (Fsp3) is 0.143. The van der Waals surface area contributed by atoms with E-state index in [1.54, 1.807) is 12.4 Å². The number of H-pyrrole nitrogens is 1. The molecule has 96 valence electrons. The maximum Gasteiger partial charge on any atom is 0.224 e. The van der Waals surface area contributed by atoms with Gasteiger partial charge in [0.1, 0.15) is 0 Å². The first kappa shape index (κ1) is 12.0. The number of fused-ring (bicyclic) bond motifs is 1. The van der Waals surface area contributed by atoms with Gasteiger partial charge in [-0.2, -0.15) is 0 Å². The molecule has 1 N–H and O–H groups in total. The smallest absolute Gasteiger partial charge is 0.224 e. The highest BCUT2D eigenvalue weighted by Crippen LogP contribution is 2.31. The van der Waals surface area contributed by atoms with E-state index in [1.165, 1.54) is 0 Å². The molecule has 2 aromatic heterocycles. The summed E-state index contributed by atoms with van der Waals surface area (Å²) >= 11 is 6.31. The van der Waals surface area contributed by atoms with Crippen LogP contribution in [0.25, 0.3) is 22.0 Å². The first-order valence-electron chi connectivity index (χ1n) is 5.91. The van der Waals surface area contributed by atoms with Gasteiger partial charge >= 0.3 is 0 Å². The van der Waals surface area contributed by atoms with E-state index < -0.39 is 0 Å². The van der Waals surface area contributed by atoms with Crippen LogP contribution in [0.15, 0.2) is 36.8 Å². The lowest BCUT2D eigenvalue weighted by atomic mass is 10.1. The Balaban J connectivity index is 2.09. The molecular formula is C14H13ClN4. The minimum atomic E-state index is 0.683. The molecule has 0 radical (unpaired) electrons. The number of rotatable bonds is 2. The van der Waals surface area contributed by atoms with Crippen LogP contribution in [0.5, 0.6) is 0 Å². The third kappa shape index (κ3) is 2.15. The molecule has 0 saturated carbocycles. The van der Waals surface area contributed by atoms with Crippen LogP contribution in [0.4, 0.5) is 5.95 Å². The van der Waals surface area contributed by atoms with Gasteiger partial charge in [-0.1, -0.05) is 11.6 Å². The second kappa shape index (κ2) is 4.55. The van der Waals surface area contributed by atoms with Gasteiger partial charge in [0.2, 0.25) is 5.95 Å². The Morgan fingerprint density at radius 1 is 1.16 bits per heavy atom. The molecule has 0 aliphatic rings. The molecule has 19 heavy (non-hydrogen) atoms. The molecule has 3 rings (SSSR count). The van der Waals surface area contributed by atoms with Crippen LogP contribution in [0.3, 0.4) is 0 Å². The fourth-order valence-electron chi connectivity index (χ4n) is 1.99. The molecule has 0 amide bonds. The van der Waals surface area contributed by atoms with Crippen LogP contribution in [0.2, 0.25) is 5.02 Å². The molecular weight excluding hydrogens is 260 g/mol. The molecule has 0 fully saturated rings. The Hall–Kier alpha value is -2.07. The van der Waals surface area contributed by atoms with Gasteiger partial charge in [0, 0.05) is 54.7 Å². The Bertz CT molecular complexity index is 716. The predicted octanol–water partition coefficient (Wildman–Crippen LogP) is 3.34. The molecule has 0 aliphatic carbocycles. The Kier molecular flexibility index (Phi) is 2.87. The maximum absolute atomic E-state index is 6.31. The van der Waals surface area contributed by atoms with Crippen LogP contribution in [0.1, 0.15) is 0 Å². The van der Waals surface area contributed by atoms with E-state index in [0.717, 1.165) is 22.0 Å². The van der Waals surface area contributed by atoms with Crippen molar-refractivity contribution in [3.8, 4) is 11.1 Å². The Labute approximate surface area is 116 Å². The number of benzene rings is 1. The van der Waals surface area contributed by atoms with Gasteiger partial charge in [-0.25, -0.2) is 9.97 Å². The van der Waals surface area contributed by atoms with Crippen LogP contribution >= 0.6 is 11.6 Å². The Morgan fingerprint density at radius 2 is 1.89 bits per heavy atom. The topological polar surface area (TPSA) is 44.8 Å². The average molecular weight is 273 g/mol. The van der Waals surface area contributed by atoms with Crippen molar-refractivity contribution in [3.63, 3.8) is 0 Å². The first-order chi connectivity index (χ1) is 9.15. The van der Waals surface area contributed by atoms with E-state index in [4.69, 9.17) is 11.6 Å². The maximum atomic E-state index is 6.31. The number of aromatic amines is 1. The zero-order valence-corrected chi connectivity index (χ0v) is 11.4. The summed E-state index contributed by atoms with van der Waals surface area (Å²) in [5.41, 5.74) is 2.89. The van der Waals surface area contributed by atoms with E-state index in [-0.39, 0.29) is 0 Å². The number of hydrogen-bond donors (Lipinski definition) is 1. The molecule has 3 aromatic rings. The minimum Gasteiger partial charge on any atom is -0.361 e. The van der Waals surface area contributed by atoms with Crippen molar-refractivity contribution in [1.82, 2.24) is 15.0 Å².